The lowest BCUT2D eigenvalue weighted by molar-refractivity contribution is 0.523. The summed E-state index contributed by atoms with van der Waals surface area (Å²) in [6, 6.07) is 5.94. The third-order valence-electron chi connectivity index (χ3n) is 1.84. The van der Waals surface area contributed by atoms with E-state index in [0.29, 0.717) is 6.42 Å². The smallest absolute Gasteiger partial charge is 0.261 e. The van der Waals surface area contributed by atoms with E-state index >= 15 is 0 Å². The van der Waals surface area contributed by atoms with Crippen molar-refractivity contribution < 1.29 is 17.2 Å². The lowest BCUT2D eigenvalue weighted by Gasteiger charge is -2.06. The van der Waals surface area contributed by atoms with Crippen LogP contribution in [-0.2, 0) is 26.7 Å². The largest absolute Gasteiger partial charge is 0.760 e. The highest BCUT2D eigenvalue weighted by Crippen LogP contribution is 2.15. The fourth-order valence-electron chi connectivity index (χ4n) is 1.10. The monoisotopic (exact) mass is 282 g/mol. The van der Waals surface area contributed by atoms with Gasteiger partial charge in [-0.05, 0) is 24.1 Å². The molecule has 0 fully saturated rings. The number of hydrogen-bond donors (Lipinski definition) is 1. The average molecular weight is 283 g/mol. The lowest BCUT2D eigenvalue weighted by atomic mass is 10.2. The predicted octanol–water partition coefficient (Wildman–Crippen LogP) is 0.540. The standard InChI is InChI=1S/C8H10ClNO4S2/c9-16(13,14)8-3-1-7(2-4-8)5-6-10-15(11)12/h1-4,10H,5-6H2,(H,11,12)/p-1. The maximum Gasteiger partial charge on any atom is 0.261 e. The molecular weight excluding hydrogens is 274 g/mol. The molecular formula is C8H9ClNO4S2-. The maximum absolute atomic E-state index is 10.9. The first-order valence-electron chi connectivity index (χ1n) is 4.26. The molecule has 1 unspecified atom stereocenters. The highest BCUT2D eigenvalue weighted by molar-refractivity contribution is 8.13. The van der Waals surface area contributed by atoms with E-state index in [1.807, 2.05) is 0 Å². The van der Waals surface area contributed by atoms with E-state index < -0.39 is 20.3 Å². The topological polar surface area (TPSA) is 86.3 Å². The SMILES string of the molecule is O=S([O-])NCCc1ccc(S(=O)(=O)Cl)cc1. The summed E-state index contributed by atoms with van der Waals surface area (Å²) in [6.45, 7) is 0.267. The van der Waals surface area contributed by atoms with E-state index in [9.17, 15) is 17.2 Å². The third kappa shape index (κ3) is 4.58. The Morgan fingerprint density at radius 2 is 1.88 bits per heavy atom. The summed E-state index contributed by atoms with van der Waals surface area (Å²) in [4.78, 5) is 0.0262. The summed E-state index contributed by atoms with van der Waals surface area (Å²) in [5.74, 6) is 0. The number of nitrogens with one attached hydrogen (secondary N) is 1. The van der Waals surface area contributed by atoms with Crippen LogP contribution in [0.5, 0.6) is 0 Å². The molecule has 0 aliphatic heterocycles. The van der Waals surface area contributed by atoms with Crippen molar-refractivity contribution in [3.05, 3.63) is 29.8 Å². The Labute approximate surface area is 101 Å². The minimum absolute atomic E-state index is 0.0262. The summed E-state index contributed by atoms with van der Waals surface area (Å²) in [7, 11) is 1.44. The summed E-state index contributed by atoms with van der Waals surface area (Å²) in [5.41, 5.74) is 0.821. The van der Waals surface area contributed by atoms with E-state index in [4.69, 9.17) is 10.7 Å². The Kier molecular flexibility index (Phi) is 4.88. The minimum Gasteiger partial charge on any atom is -0.760 e. The second kappa shape index (κ2) is 5.74. The second-order valence-electron chi connectivity index (χ2n) is 2.96. The molecule has 0 spiro atoms. The Balaban J connectivity index is 2.62. The first-order valence-corrected chi connectivity index (χ1v) is 7.64. The van der Waals surface area contributed by atoms with Gasteiger partial charge in [-0.15, -0.1) is 0 Å². The summed E-state index contributed by atoms with van der Waals surface area (Å²) < 4.78 is 44.4. The van der Waals surface area contributed by atoms with Crippen LogP contribution < -0.4 is 4.72 Å². The van der Waals surface area contributed by atoms with Crippen LogP contribution in [-0.4, -0.2) is 23.7 Å². The van der Waals surface area contributed by atoms with Crippen molar-refractivity contribution in [1.82, 2.24) is 4.72 Å². The molecule has 0 saturated heterocycles. The molecule has 1 aromatic carbocycles. The molecule has 5 nitrogen and oxygen atoms in total. The van der Waals surface area contributed by atoms with Crippen molar-refractivity contribution in [2.45, 2.75) is 11.3 Å². The van der Waals surface area contributed by atoms with Crippen molar-refractivity contribution >= 4 is 31.0 Å². The molecule has 1 rings (SSSR count). The molecule has 0 aromatic heterocycles. The molecule has 0 bridgehead atoms. The van der Waals surface area contributed by atoms with Gasteiger partial charge in [0.2, 0.25) is 0 Å². The van der Waals surface area contributed by atoms with Crippen molar-refractivity contribution in [1.29, 1.82) is 0 Å². The third-order valence-corrected chi connectivity index (χ3v) is 3.65. The van der Waals surface area contributed by atoms with Crippen molar-refractivity contribution in [2.75, 3.05) is 6.54 Å². The van der Waals surface area contributed by atoms with Gasteiger partial charge in [0.25, 0.3) is 9.05 Å². The minimum atomic E-state index is -3.70. The fourth-order valence-corrected chi connectivity index (χ4v) is 2.14. The zero-order chi connectivity index (χ0) is 12.2. The van der Waals surface area contributed by atoms with Crippen LogP contribution in [0.4, 0.5) is 0 Å². The Morgan fingerprint density at radius 3 is 2.31 bits per heavy atom. The van der Waals surface area contributed by atoms with Crippen LogP contribution in [0.2, 0.25) is 0 Å². The van der Waals surface area contributed by atoms with Gasteiger partial charge in [0.15, 0.2) is 0 Å². The van der Waals surface area contributed by atoms with Crippen molar-refractivity contribution in [3.63, 3.8) is 0 Å². The molecule has 1 aromatic rings. The van der Waals surface area contributed by atoms with E-state index in [2.05, 4.69) is 4.72 Å². The molecule has 0 heterocycles. The van der Waals surface area contributed by atoms with Crippen LogP contribution in [0.1, 0.15) is 5.56 Å². The molecule has 1 atom stereocenters. The molecule has 0 aliphatic rings. The van der Waals surface area contributed by atoms with Gasteiger partial charge in [0, 0.05) is 28.5 Å². The number of hydrogen-bond acceptors (Lipinski definition) is 4. The molecule has 8 heteroatoms. The molecule has 0 saturated carbocycles. The zero-order valence-electron chi connectivity index (χ0n) is 8.05. The first kappa shape index (κ1) is 13.6. The number of rotatable bonds is 5. The van der Waals surface area contributed by atoms with Gasteiger partial charge in [-0.25, -0.2) is 13.1 Å². The summed E-state index contributed by atoms with van der Waals surface area (Å²) in [6.07, 6.45) is 0.483. The highest BCUT2D eigenvalue weighted by Gasteiger charge is 2.08. The second-order valence-corrected chi connectivity index (χ2v) is 6.28. The van der Waals surface area contributed by atoms with Crippen LogP contribution in [0, 0.1) is 0 Å². The quantitative estimate of drug-likeness (QED) is 0.631. The Morgan fingerprint density at radius 1 is 1.31 bits per heavy atom. The van der Waals surface area contributed by atoms with E-state index in [1.54, 1.807) is 12.1 Å². The van der Waals surface area contributed by atoms with E-state index in [0.717, 1.165) is 5.56 Å². The van der Waals surface area contributed by atoms with Gasteiger partial charge in [0.05, 0.1) is 4.90 Å². The van der Waals surface area contributed by atoms with Gasteiger partial charge < -0.3 is 4.55 Å². The lowest BCUT2D eigenvalue weighted by Crippen LogP contribution is -2.19. The van der Waals surface area contributed by atoms with Crippen LogP contribution in [0.3, 0.4) is 0 Å². The Bertz CT molecular complexity index is 471. The van der Waals surface area contributed by atoms with Crippen molar-refractivity contribution in [3.8, 4) is 0 Å². The fraction of sp³-hybridized carbons (Fsp3) is 0.250. The Hall–Kier alpha value is -0.470. The normalized spacial score (nSPS) is 13.6. The summed E-state index contributed by atoms with van der Waals surface area (Å²) in [5, 5.41) is 0. The zero-order valence-corrected chi connectivity index (χ0v) is 10.4. The number of halogens is 1. The molecule has 0 amide bonds. The molecule has 16 heavy (non-hydrogen) atoms. The van der Waals surface area contributed by atoms with Crippen LogP contribution >= 0.6 is 10.7 Å². The predicted molar refractivity (Wildman–Crippen MR) is 60.1 cm³/mol. The van der Waals surface area contributed by atoms with Gasteiger partial charge in [-0.1, -0.05) is 12.1 Å². The van der Waals surface area contributed by atoms with E-state index in [-0.39, 0.29) is 11.4 Å². The first-order chi connectivity index (χ1) is 7.39. The van der Waals surface area contributed by atoms with Gasteiger partial charge in [-0.2, -0.15) is 0 Å². The molecule has 0 aliphatic carbocycles. The average Bonchev–Trinajstić information content (AvgIpc) is 2.16. The van der Waals surface area contributed by atoms with Gasteiger partial charge in [-0.3, -0.25) is 4.21 Å². The highest BCUT2D eigenvalue weighted by atomic mass is 35.7. The van der Waals surface area contributed by atoms with Crippen LogP contribution in [0.25, 0.3) is 0 Å². The molecule has 1 N–H and O–H groups in total. The van der Waals surface area contributed by atoms with Gasteiger partial charge in [0.1, 0.15) is 0 Å². The van der Waals surface area contributed by atoms with E-state index in [1.165, 1.54) is 12.1 Å². The van der Waals surface area contributed by atoms with Gasteiger partial charge >= 0.3 is 0 Å². The summed E-state index contributed by atoms with van der Waals surface area (Å²) >= 11 is -2.27. The number of benzene rings is 1. The molecule has 0 radical (unpaired) electrons. The van der Waals surface area contributed by atoms with Crippen molar-refractivity contribution in [2.24, 2.45) is 0 Å². The molecule has 90 valence electrons. The van der Waals surface area contributed by atoms with Crippen LogP contribution in [0.15, 0.2) is 29.2 Å². The maximum atomic E-state index is 10.9.